The van der Waals surface area contributed by atoms with Gasteiger partial charge in [-0.25, -0.2) is 4.39 Å². The van der Waals surface area contributed by atoms with Gasteiger partial charge in [-0.1, -0.05) is 76.0 Å². The van der Waals surface area contributed by atoms with Crippen molar-refractivity contribution in [1.29, 1.82) is 0 Å². The molecule has 0 unspecified atom stereocenters. The summed E-state index contributed by atoms with van der Waals surface area (Å²) in [5.74, 6) is 3.20. The van der Waals surface area contributed by atoms with E-state index in [-0.39, 0.29) is 10.8 Å². The zero-order valence-corrected chi connectivity index (χ0v) is 16.5. The first-order chi connectivity index (χ1) is 12.2. The van der Waals surface area contributed by atoms with Gasteiger partial charge in [0, 0.05) is 0 Å². The van der Waals surface area contributed by atoms with Crippen molar-refractivity contribution < 1.29 is 4.39 Å². The van der Waals surface area contributed by atoms with Crippen molar-refractivity contribution in [2.75, 3.05) is 0 Å². The number of halogens is 2. The predicted octanol–water partition coefficient (Wildman–Crippen LogP) is 8.14. The molecule has 0 nitrogen and oxygen atoms in total. The lowest BCUT2D eigenvalue weighted by Crippen LogP contribution is -2.16. The molecule has 0 atom stereocenters. The van der Waals surface area contributed by atoms with Crippen LogP contribution in [0.3, 0.4) is 0 Å². The van der Waals surface area contributed by atoms with Crippen LogP contribution in [0.15, 0.2) is 18.2 Å². The minimum Gasteiger partial charge on any atom is -0.205 e. The van der Waals surface area contributed by atoms with Crippen molar-refractivity contribution in [2.24, 2.45) is 17.8 Å². The van der Waals surface area contributed by atoms with E-state index in [1.807, 2.05) is 6.07 Å². The molecule has 2 saturated carbocycles. The number of hydrogen-bond acceptors (Lipinski definition) is 0. The summed E-state index contributed by atoms with van der Waals surface area (Å²) in [6.07, 6.45) is 16.7. The van der Waals surface area contributed by atoms with E-state index in [0.29, 0.717) is 5.92 Å². The monoisotopic (exact) mass is 364 g/mol. The molecule has 140 valence electrons. The minimum absolute atomic E-state index is 0.241. The van der Waals surface area contributed by atoms with Crippen LogP contribution in [0, 0.1) is 23.6 Å². The Balaban J connectivity index is 1.35. The Labute approximate surface area is 158 Å². The van der Waals surface area contributed by atoms with E-state index in [0.717, 1.165) is 23.3 Å². The van der Waals surface area contributed by atoms with Crippen LogP contribution < -0.4 is 0 Å². The highest BCUT2D eigenvalue weighted by Gasteiger charge is 2.24. The first kappa shape index (κ1) is 19.2. The topological polar surface area (TPSA) is 0 Å². The van der Waals surface area contributed by atoms with Crippen LogP contribution in [0.1, 0.15) is 95.5 Å². The van der Waals surface area contributed by atoms with Crippen LogP contribution in [-0.4, -0.2) is 0 Å². The van der Waals surface area contributed by atoms with E-state index in [1.165, 1.54) is 77.0 Å². The lowest BCUT2D eigenvalue weighted by Gasteiger charge is -2.30. The molecule has 2 aliphatic carbocycles. The summed E-state index contributed by atoms with van der Waals surface area (Å²) in [6.45, 7) is 2.35. The Hall–Kier alpha value is -0.560. The van der Waals surface area contributed by atoms with Crippen molar-refractivity contribution in [3.05, 3.63) is 34.6 Å². The molecule has 1 aromatic rings. The average Bonchev–Trinajstić information content (AvgIpc) is 2.65. The summed E-state index contributed by atoms with van der Waals surface area (Å²) in [5.41, 5.74) is 1.15. The Morgan fingerprint density at radius 1 is 0.880 bits per heavy atom. The van der Waals surface area contributed by atoms with Crippen LogP contribution in [0.5, 0.6) is 0 Å². The van der Waals surface area contributed by atoms with E-state index in [2.05, 4.69) is 6.92 Å². The maximum absolute atomic E-state index is 13.7. The molecule has 0 spiro atoms. The van der Waals surface area contributed by atoms with Gasteiger partial charge in [-0.3, -0.25) is 0 Å². The third-order valence-corrected chi connectivity index (χ3v) is 7.34. The smallest absolute Gasteiger partial charge is 0.142 e. The van der Waals surface area contributed by atoms with E-state index in [4.69, 9.17) is 11.6 Å². The molecule has 3 rings (SSSR count). The van der Waals surface area contributed by atoms with Gasteiger partial charge in [-0.2, -0.15) is 0 Å². The van der Waals surface area contributed by atoms with E-state index < -0.39 is 0 Å². The van der Waals surface area contributed by atoms with Crippen LogP contribution in [0.4, 0.5) is 4.39 Å². The highest BCUT2D eigenvalue weighted by molar-refractivity contribution is 6.30. The van der Waals surface area contributed by atoms with Gasteiger partial charge >= 0.3 is 0 Å². The molecule has 2 heteroatoms. The molecule has 2 aliphatic rings. The Bertz CT molecular complexity index is 525. The SMILES string of the molecule is CCC1CCC(CCCC2CCC(c3ccc(Cl)c(F)c3)CC2)CC1. The van der Waals surface area contributed by atoms with Crippen molar-refractivity contribution >= 4 is 11.6 Å². The highest BCUT2D eigenvalue weighted by atomic mass is 35.5. The molecule has 0 bridgehead atoms. The zero-order valence-electron chi connectivity index (χ0n) is 15.8. The average molecular weight is 365 g/mol. The number of benzene rings is 1. The van der Waals surface area contributed by atoms with Gasteiger partial charge in [0.05, 0.1) is 5.02 Å². The predicted molar refractivity (Wildman–Crippen MR) is 106 cm³/mol. The lowest BCUT2D eigenvalue weighted by molar-refractivity contribution is 0.241. The molecule has 0 amide bonds. The number of hydrogen-bond donors (Lipinski definition) is 0. The van der Waals surface area contributed by atoms with Gasteiger partial charge in [-0.05, 0) is 67.1 Å². The van der Waals surface area contributed by atoms with Crippen LogP contribution in [0.2, 0.25) is 5.02 Å². The normalized spacial score (nSPS) is 30.4. The second-order valence-corrected chi connectivity index (χ2v) is 9.02. The molecular weight excluding hydrogens is 331 g/mol. The molecule has 0 N–H and O–H groups in total. The largest absolute Gasteiger partial charge is 0.205 e. The van der Waals surface area contributed by atoms with Crippen molar-refractivity contribution in [3.8, 4) is 0 Å². The van der Waals surface area contributed by atoms with Crippen LogP contribution >= 0.6 is 11.6 Å². The summed E-state index contributed by atoms with van der Waals surface area (Å²) < 4.78 is 13.7. The molecule has 25 heavy (non-hydrogen) atoms. The lowest BCUT2D eigenvalue weighted by atomic mass is 9.75. The third-order valence-electron chi connectivity index (χ3n) is 7.03. The Morgan fingerprint density at radius 3 is 2.00 bits per heavy atom. The summed E-state index contributed by atoms with van der Waals surface area (Å²) >= 11 is 5.81. The first-order valence-electron chi connectivity index (χ1n) is 10.6. The first-order valence-corrected chi connectivity index (χ1v) is 11.0. The van der Waals surface area contributed by atoms with Crippen LogP contribution in [0.25, 0.3) is 0 Å². The second-order valence-electron chi connectivity index (χ2n) is 8.62. The van der Waals surface area contributed by atoms with Crippen molar-refractivity contribution in [1.82, 2.24) is 0 Å². The van der Waals surface area contributed by atoms with Gasteiger partial charge < -0.3 is 0 Å². The fourth-order valence-electron chi connectivity index (χ4n) is 5.17. The maximum Gasteiger partial charge on any atom is 0.142 e. The van der Waals surface area contributed by atoms with Gasteiger partial charge in [0.2, 0.25) is 0 Å². The second kappa shape index (κ2) is 9.40. The van der Waals surface area contributed by atoms with Crippen LogP contribution in [-0.2, 0) is 0 Å². The van der Waals surface area contributed by atoms with Gasteiger partial charge in [0.15, 0.2) is 0 Å². The Morgan fingerprint density at radius 2 is 1.44 bits per heavy atom. The van der Waals surface area contributed by atoms with Gasteiger partial charge in [0.1, 0.15) is 5.82 Å². The maximum atomic E-state index is 13.7. The molecule has 0 heterocycles. The molecular formula is C23H34ClF. The van der Waals surface area contributed by atoms with E-state index >= 15 is 0 Å². The molecule has 1 aromatic carbocycles. The minimum atomic E-state index is -0.265. The highest BCUT2D eigenvalue weighted by Crippen LogP contribution is 2.39. The summed E-state index contributed by atoms with van der Waals surface area (Å²) in [7, 11) is 0. The molecule has 2 fully saturated rings. The summed E-state index contributed by atoms with van der Waals surface area (Å²) in [4.78, 5) is 0. The fourth-order valence-corrected chi connectivity index (χ4v) is 5.29. The summed E-state index contributed by atoms with van der Waals surface area (Å²) in [5, 5.41) is 0.241. The zero-order chi connectivity index (χ0) is 17.6. The molecule has 0 aromatic heterocycles. The summed E-state index contributed by atoms with van der Waals surface area (Å²) in [6, 6.07) is 5.38. The van der Waals surface area contributed by atoms with Crippen molar-refractivity contribution in [3.63, 3.8) is 0 Å². The Kier molecular flexibility index (Phi) is 7.22. The molecule has 0 radical (unpaired) electrons. The third kappa shape index (κ3) is 5.46. The van der Waals surface area contributed by atoms with E-state index in [9.17, 15) is 4.39 Å². The standard InChI is InChI=1S/C23H34ClF/c1-2-17-6-8-18(9-7-17)4-3-5-19-10-12-20(13-11-19)21-14-15-22(24)23(25)16-21/h14-20H,2-13H2,1H3. The van der Waals surface area contributed by atoms with Gasteiger partial charge in [0.25, 0.3) is 0 Å². The molecule has 0 saturated heterocycles. The molecule has 0 aliphatic heterocycles. The van der Waals surface area contributed by atoms with Crippen molar-refractivity contribution in [2.45, 2.75) is 89.9 Å². The van der Waals surface area contributed by atoms with Gasteiger partial charge in [-0.15, -0.1) is 0 Å². The fraction of sp³-hybridized carbons (Fsp3) is 0.739. The number of rotatable bonds is 6. The quantitative estimate of drug-likeness (QED) is 0.477. The van der Waals surface area contributed by atoms with E-state index in [1.54, 1.807) is 12.1 Å².